The standard InChI is InChI=1S/C24H50NO2.BrH/c1-5-9-10-11-12-13-14-15-16-17-18-19-20-21-24(26)27-23-22-25(6-2,7-3)8-4;/h5-23H2,1-4H3;1H/q+1;/p-1. The second-order valence-electron chi connectivity index (χ2n) is 8.23. The fraction of sp³-hybridized carbons (Fsp3) is 0.958. The van der Waals surface area contributed by atoms with E-state index in [1.54, 1.807) is 0 Å². The maximum absolute atomic E-state index is 11.9. The Kier molecular flexibility index (Phi) is 23.2. The summed E-state index contributed by atoms with van der Waals surface area (Å²) in [7, 11) is 0. The van der Waals surface area contributed by atoms with E-state index in [2.05, 4.69) is 27.7 Å². The van der Waals surface area contributed by atoms with Gasteiger partial charge in [-0.2, -0.15) is 0 Å². The van der Waals surface area contributed by atoms with Crippen LogP contribution in [-0.2, 0) is 9.53 Å². The first kappa shape index (κ1) is 30.1. The van der Waals surface area contributed by atoms with Gasteiger partial charge in [0.15, 0.2) is 0 Å². The number of ether oxygens (including phenoxy) is 1. The van der Waals surface area contributed by atoms with Crippen LogP contribution in [0.2, 0.25) is 0 Å². The summed E-state index contributed by atoms with van der Waals surface area (Å²) in [6, 6.07) is 0. The monoisotopic (exact) mass is 463 g/mol. The molecule has 0 aliphatic heterocycles. The molecule has 0 aromatic carbocycles. The first-order valence-electron chi connectivity index (χ1n) is 12.1. The molecule has 0 aliphatic rings. The minimum atomic E-state index is -0.000479. The van der Waals surface area contributed by atoms with Crippen LogP contribution in [0.5, 0.6) is 0 Å². The van der Waals surface area contributed by atoms with Crippen LogP contribution in [0.3, 0.4) is 0 Å². The van der Waals surface area contributed by atoms with E-state index in [1.165, 1.54) is 77.0 Å². The lowest BCUT2D eigenvalue weighted by atomic mass is 10.0. The molecule has 0 saturated carbocycles. The van der Waals surface area contributed by atoms with E-state index >= 15 is 0 Å². The molecule has 0 atom stereocenters. The summed E-state index contributed by atoms with van der Waals surface area (Å²) >= 11 is 0. The number of carbonyl (C=O) groups excluding carboxylic acids is 1. The van der Waals surface area contributed by atoms with Gasteiger partial charge in [-0.05, 0) is 27.2 Å². The van der Waals surface area contributed by atoms with Crippen molar-refractivity contribution in [3.8, 4) is 0 Å². The lowest BCUT2D eigenvalue weighted by Crippen LogP contribution is -3.00. The van der Waals surface area contributed by atoms with Crippen molar-refractivity contribution in [3.63, 3.8) is 0 Å². The highest BCUT2D eigenvalue weighted by Crippen LogP contribution is 2.13. The van der Waals surface area contributed by atoms with Crippen molar-refractivity contribution in [2.45, 2.75) is 118 Å². The molecule has 3 nitrogen and oxygen atoms in total. The van der Waals surface area contributed by atoms with Gasteiger partial charge < -0.3 is 26.2 Å². The number of nitrogens with zero attached hydrogens (tertiary/aromatic N) is 1. The number of esters is 1. The molecule has 0 aromatic rings. The van der Waals surface area contributed by atoms with E-state index in [9.17, 15) is 4.79 Å². The predicted molar refractivity (Wildman–Crippen MR) is 118 cm³/mol. The molecule has 0 heterocycles. The normalized spacial score (nSPS) is 11.3. The van der Waals surface area contributed by atoms with Gasteiger partial charge in [0.2, 0.25) is 0 Å². The van der Waals surface area contributed by atoms with Crippen molar-refractivity contribution >= 4 is 5.97 Å². The molecule has 0 saturated heterocycles. The van der Waals surface area contributed by atoms with Gasteiger partial charge in [0.05, 0.1) is 19.6 Å². The van der Waals surface area contributed by atoms with E-state index in [0.717, 1.165) is 37.1 Å². The van der Waals surface area contributed by atoms with Crippen LogP contribution >= 0.6 is 0 Å². The summed E-state index contributed by atoms with van der Waals surface area (Å²) in [5.74, 6) is -0.000479. The Hall–Kier alpha value is -0.0900. The number of hydrogen-bond acceptors (Lipinski definition) is 2. The van der Waals surface area contributed by atoms with Crippen LogP contribution < -0.4 is 17.0 Å². The molecule has 0 aromatic heterocycles. The molecule has 4 heteroatoms. The quantitative estimate of drug-likeness (QED) is 0.155. The molecule has 0 rings (SSSR count). The van der Waals surface area contributed by atoms with E-state index in [1.807, 2.05) is 0 Å². The third-order valence-corrected chi connectivity index (χ3v) is 6.33. The third kappa shape index (κ3) is 16.8. The number of likely N-dealkylation sites (N-methyl/N-ethyl adjacent to an activating group) is 1. The molecular formula is C24H50BrNO2. The molecule has 0 N–H and O–H groups in total. The Morgan fingerprint density at radius 1 is 0.643 bits per heavy atom. The Bertz CT molecular complexity index is 324. The smallest absolute Gasteiger partial charge is 0.305 e. The summed E-state index contributed by atoms with van der Waals surface area (Å²) in [4.78, 5) is 11.9. The van der Waals surface area contributed by atoms with E-state index in [-0.39, 0.29) is 23.0 Å². The first-order valence-corrected chi connectivity index (χ1v) is 12.1. The largest absolute Gasteiger partial charge is 1.00 e. The molecule has 0 amide bonds. The summed E-state index contributed by atoms with van der Waals surface area (Å²) in [5, 5.41) is 0. The van der Waals surface area contributed by atoms with Crippen LogP contribution in [0.15, 0.2) is 0 Å². The lowest BCUT2D eigenvalue weighted by Gasteiger charge is -2.35. The van der Waals surface area contributed by atoms with Crippen LogP contribution in [0, 0.1) is 0 Å². The highest BCUT2D eigenvalue weighted by Gasteiger charge is 2.20. The van der Waals surface area contributed by atoms with Crippen molar-refractivity contribution in [3.05, 3.63) is 0 Å². The van der Waals surface area contributed by atoms with Crippen LogP contribution in [-0.4, -0.2) is 43.2 Å². The summed E-state index contributed by atoms with van der Waals surface area (Å²) in [5.41, 5.74) is 0. The molecule has 0 fully saturated rings. The predicted octanol–water partition coefficient (Wildman–Crippen LogP) is 3.89. The van der Waals surface area contributed by atoms with Gasteiger partial charge in [0, 0.05) is 6.42 Å². The average molecular weight is 465 g/mol. The van der Waals surface area contributed by atoms with E-state index in [0.29, 0.717) is 13.0 Å². The minimum Gasteiger partial charge on any atom is -1.00 e. The number of halogens is 1. The van der Waals surface area contributed by atoms with Crippen LogP contribution in [0.25, 0.3) is 0 Å². The Morgan fingerprint density at radius 2 is 1.04 bits per heavy atom. The zero-order valence-corrected chi connectivity index (χ0v) is 21.2. The van der Waals surface area contributed by atoms with Gasteiger partial charge in [-0.3, -0.25) is 4.79 Å². The van der Waals surface area contributed by atoms with Gasteiger partial charge >= 0.3 is 5.97 Å². The number of carbonyl (C=O) groups is 1. The summed E-state index contributed by atoms with van der Waals surface area (Å²) in [6.07, 6.45) is 18.0. The van der Waals surface area contributed by atoms with E-state index < -0.39 is 0 Å². The van der Waals surface area contributed by atoms with Gasteiger partial charge in [-0.1, -0.05) is 84.0 Å². The van der Waals surface area contributed by atoms with Crippen molar-refractivity contribution in [1.29, 1.82) is 0 Å². The molecule has 0 unspecified atom stereocenters. The number of unbranched alkanes of at least 4 members (excludes halogenated alkanes) is 12. The van der Waals surface area contributed by atoms with Gasteiger partial charge in [-0.25, -0.2) is 0 Å². The lowest BCUT2D eigenvalue weighted by molar-refractivity contribution is -0.923. The van der Waals surface area contributed by atoms with Crippen molar-refractivity contribution in [1.82, 2.24) is 0 Å². The first-order chi connectivity index (χ1) is 13.1. The van der Waals surface area contributed by atoms with Crippen molar-refractivity contribution in [2.75, 3.05) is 32.8 Å². The van der Waals surface area contributed by atoms with Gasteiger partial charge in [-0.15, -0.1) is 0 Å². The second-order valence-corrected chi connectivity index (χ2v) is 8.23. The van der Waals surface area contributed by atoms with Crippen LogP contribution in [0.4, 0.5) is 0 Å². The van der Waals surface area contributed by atoms with E-state index in [4.69, 9.17) is 4.74 Å². The fourth-order valence-corrected chi connectivity index (χ4v) is 3.86. The molecule has 0 radical (unpaired) electrons. The maximum Gasteiger partial charge on any atom is 0.305 e. The molecule has 0 spiro atoms. The Morgan fingerprint density at radius 3 is 1.43 bits per heavy atom. The Labute approximate surface area is 187 Å². The topological polar surface area (TPSA) is 26.3 Å². The molecular weight excluding hydrogens is 414 g/mol. The molecule has 28 heavy (non-hydrogen) atoms. The number of hydrogen-bond donors (Lipinski definition) is 0. The van der Waals surface area contributed by atoms with Crippen molar-refractivity contribution in [2.24, 2.45) is 0 Å². The molecule has 0 bridgehead atoms. The molecule has 170 valence electrons. The molecule has 0 aliphatic carbocycles. The second kappa shape index (κ2) is 21.6. The highest BCUT2D eigenvalue weighted by molar-refractivity contribution is 5.69. The van der Waals surface area contributed by atoms with Crippen LogP contribution in [0.1, 0.15) is 118 Å². The Balaban J connectivity index is 0. The fourth-order valence-electron chi connectivity index (χ4n) is 3.86. The minimum absolute atomic E-state index is 0. The third-order valence-electron chi connectivity index (χ3n) is 6.33. The zero-order valence-electron chi connectivity index (χ0n) is 19.6. The zero-order chi connectivity index (χ0) is 20.2. The van der Waals surface area contributed by atoms with Gasteiger partial charge in [0.25, 0.3) is 0 Å². The summed E-state index contributed by atoms with van der Waals surface area (Å²) < 4.78 is 6.50. The van der Waals surface area contributed by atoms with Crippen molar-refractivity contribution < 1.29 is 31.0 Å². The SMILES string of the molecule is CCCCCCCCCCCCCCCC(=O)OCC[N+](CC)(CC)CC.[Br-]. The summed E-state index contributed by atoms with van der Waals surface area (Å²) in [6.45, 7) is 13.8. The average Bonchev–Trinajstić information content (AvgIpc) is 2.69. The highest BCUT2D eigenvalue weighted by atomic mass is 79.9. The number of rotatable bonds is 20. The maximum atomic E-state index is 11.9. The van der Waals surface area contributed by atoms with Gasteiger partial charge in [0.1, 0.15) is 13.2 Å². The number of quaternary nitrogens is 1.